The normalized spacial score (nSPS) is 21.6. The summed E-state index contributed by atoms with van der Waals surface area (Å²) in [6, 6.07) is 6.50. The molecule has 0 radical (unpaired) electrons. The third kappa shape index (κ3) is 2.84. The van der Waals surface area contributed by atoms with Crippen LogP contribution in [0.3, 0.4) is 0 Å². The Morgan fingerprint density at radius 3 is 2.94 bits per heavy atom. The van der Waals surface area contributed by atoms with Gasteiger partial charge in [0.1, 0.15) is 0 Å². The summed E-state index contributed by atoms with van der Waals surface area (Å²) in [5.41, 5.74) is 2.77. The summed E-state index contributed by atoms with van der Waals surface area (Å²) in [5.74, 6) is 0. The Kier molecular flexibility index (Phi) is 4.00. The molecule has 1 atom stereocenters. The predicted octanol–water partition coefficient (Wildman–Crippen LogP) is 2.98. The average molecular weight is 284 g/mol. The molecule has 1 aliphatic heterocycles. The minimum Gasteiger partial charge on any atom is -0.380 e. The highest BCUT2D eigenvalue weighted by molar-refractivity contribution is 9.10. The molecule has 0 aromatic heterocycles. The maximum atomic E-state index is 5.38. The van der Waals surface area contributed by atoms with Gasteiger partial charge in [-0.3, -0.25) is 4.90 Å². The highest BCUT2D eigenvalue weighted by Crippen LogP contribution is 2.20. The number of hydrogen-bond acceptors (Lipinski definition) is 2. The first-order chi connectivity index (χ1) is 7.69. The van der Waals surface area contributed by atoms with Gasteiger partial charge in [-0.05, 0) is 36.6 Å². The molecule has 16 heavy (non-hydrogen) atoms. The zero-order chi connectivity index (χ0) is 11.5. The lowest BCUT2D eigenvalue weighted by molar-refractivity contribution is 0.107. The zero-order valence-corrected chi connectivity index (χ0v) is 11.5. The summed E-state index contributed by atoms with van der Waals surface area (Å²) in [4.78, 5) is 2.46. The minimum absolute atomic E-state index is 0.427. The first kappa shape index (κ1) is 12.1. The van der Waals surface area contributed by atoms with Gasteiger partial charge in [-0.15, -0.1) is 0 Å². The van der Waals surface area contributed by atoms with Crippen molar-refractivity contribution >= 4 is 15.9 Å². The van der Waals surface area contributed by atoms with E-state index in [0.29, 0.717) is 6.10 Å². The number of benzene rings is 1. The molecule has 0 saturated carbocycles. The summed E-state index contributed by atoms with van der Waals surface area (Å²) in [6.07, 6.45) is 1.59. The molecule has 0 bridgehead atoms. The van der Waals surface area contributed by atoms with Crippen molar-refractivity contribution in [2.45, 2.75) is 26.0 Å². The van der Waals surface area contributed by atoms with Crippen LogP contribution < -0.4 is 0 Å². The largest absolute Gasteiger partial charge is 0.380 e. The van der Waals surface area contributed by atoms with E-state index in [-0.39, 0.29) is 0 Å². The number of likely N-dealkylation sites (tertiary alicyclic amines) is 1. The fourth-order valence-corrected chi connectivity index (χ4v) is 2.69. The molecule has 2 rings (SSSR count). The van der Waals surface area contributed by atoms with Gasteiger partial charge in [0.05, 0.1) is 6.10 Å². The van der Waals surface area contributed by atoms with Crippen molar-refractivity contribution in [3.8, 4) is 0 Å². The number of ether oxygens (including phenoxy) is 1. The predicted molar refractivity (Wildman–Crippen MR) is 69.6 cm³/mol. The van der Waals surface area contributed by atoms with E-state index in [0.717, 1.165) is 30.5 Å². The lowest BCUT2D eigenvalue weighted by Gasteiger charge is -2.17. The van der Waals surface area contributed by atoms with Gasteiger partial charge in [-0.25, -0.2) is 0 Å². The van der Waals surface area contributed by atoms with Crippen molar-refractivity contribution in [1.29, 1.82) is 0 Å². The fourth-order valence-electron chi connectivity index (χ4n) is 2.21. The van der Waals surface area contributed by atoms with Gasteiger partial charge in [0.25, 0.3) is 0 Å². The highest BCUT2D eigenvalue weighted by atomic mass is 79.9. The van der Waals surface area contributed by atoms with Crippen LogP contribution in [0.2, 0.25) is 0 Å². The third-order valence-corrected chi connectivity index (χ3v) is 3.75. The van der Waals surface area contributed by atoms with Crippen LogP contribution in [0.1, 0.15) is 17.5 Å². The minimum atomic E-state index is 0.427. The zero-order valence-electron chi connectivity index (χ0n) is 9.87. The van der Waals surface area contributed by atoms with Gasteiger partial charge >= 0.3 is 0 Å². The summed E-state index contributed by atoms with van der Waals surface area (Å²) < 4.78 is 6.54. The molecular weight excluding hydrogens is 266 g/mol. The van der Waals surface area contributed by atoms with Crippen LogP contribution in [0.4, 0.5) is 0 Å². The first-order valence-electron chi connectivity index (χ1n) is 5.69. The maximum absolute atomic E-state index is 5.38. The molecule has 88 valence electrons. The molecule has 1 aromatic rings. The van der Waals surface area contributed by atoms with Gasteiger partial charge in [0.2, 0.25) is 0 Å². The van der Waals surface area contributed by atoms with Crippen molar-refractivity contribution in [1.82, 2.24) is 4.90 Å². The van der Waals surface area contributed by atoms with Gasteiger partial charge in [0, 0.05) is 31.2 Å². The number of halogens is 1. The topological polar surface area (TPSA) is 12.5 Å². The summed E-state index contributed by atoms with van der Waals surface area (Å²) in [7, 11) is 1.80. The third-order valence-electron chi connectivity index (χ3n) is 3.26. The van der Waals surface area contributed by atoms with E-state index in [9.17, 15) is 0 Å². The molecule has 1 fully saturated rings. The van der Waals surface area contributed by atoms with Gasteiger partial charge in [-0.2, -0.15) is 0 Å². The van der Waals surface area contributed by atoms with E-state index >= 15 is 0 Å². The fraction of sp³-hybridized carbons (Fsp3) is 0.538. The molecule has 0 aliphatic carbocycles. The molecule has 1 aliphatic rings. The molecular formula is C13H18BrNO. The van der Waals surface area contributed by atoms with E-state index in [1.165, 1.54) is 11.1 Å². The molecule has 1 aromatic carbocycles. The van der Waals surface area contributed by atoms with Crippen LogP contribution in [0.25, 0.3) is 0 Å². The number of hydrogen-bond donors (Lipinski definition) is 0. The van der Waals surface area contributed by atoms with Crippen molar-refractivity contribution in [3.63, 3.8) is 0 Å². The first-order valence-corrected chi connectivity index (χ1v) is 6.48. The van der Waals surface area contributed by atoms with Gasteiger partial charge < -0.3 is 4.74 Å². The molecule has 3 heteroatoms. The standard InChI is InChI=1S/C13H18BrNO/c1-10-7-12(14)4-3-11(10)8-15-6-5-13(9-15)16-2/h3-4,7,13H,5-6,8-9H2,1-2H3/t13-/m0/s1. The monoisotopic (exact) mass is 283 g/mol. The van der Waals surface area contributed by atoms with Crippen LogP contribution in [0.15, 0.2) is 22.7 Å². The Bertz CT molecular complexity index is 367. The molecule has 0 amide bonds. The second-order valence-electron chi connectivity index (χ2n) is 4.45. The van der Waals surface area contributed by atoms with Gasteiger partial charge in [-0.1, -0.05) is 22.0 Å². The second-order valence-corrected chi connectivity index (χ2v) is 5.37. The number of nitrogens with zero attached hydrogens (tertiary/aromatic N) is 1. The highest BCUT2D eigenvalue weighted by Gasteiger charge is 2.22. The van der Waals surface area contributed by atoms with Crippen LogP contribution >= 0.6 is 15.9 Å². The summed E-state index contributed by atoms with van der Waals surface area (Å²) >= 11 is 3.50. The van der Waals surface area contributed by atoms with Crippen LogP contribution in [-0.2, 0) is 11.3 Å². The molecule has 0 unspecified atom stereocenters. The SMILES string of the molecule is CO[C@H]1CCN(Cc2ccc(Br)cc2C)C1. The molecule has 1 saturated heterocycles. The summed E-state index contributed by atoms with van der Waals surface area (Å²) in [5, 5.41) is 0. The number of methoxy groups -OCH3 is 1. The molecule has 2 nitrogen and oxygen atoms in total. The lowest BCUT2D eigenvalue weighted by atomic mass is 10.1. The molecule has 1 heterocycles. The van der Waals surface area contributed by atoms with Crippen LogP contribution in [0.5, 0.6) is 0 Å². The van der Waals surface area contributed by atoms with E-state index < -0.39 is 0 Å². The number of rotatable bonds is 3. The van der Waals surface area contributed by atoms with Crippen molar-refractivity contribution in [3.05, 3.63) is 33.8 Å². The molecule has 0 N–H and O–H groups in total. The van der Waals surface area contributed by atoms with E-state index in [2.05, 4.69) is 46.0 Å². The van der Waals surface area contributed by atoms with E-state index in [1.807, 2.05) is 0 Å². The van der Waals surface area contributed by atoms with Crippen LogP contribution in [-0.4, -0.2) is 31.2 Å². The number of aryl methyl sites for hydroxylation is 1. The maximum Gasteiger partial charge on any atom is 0.0710 e. The van der Waals surface area contributed by atoms with Crippen molar-refractivity contribution in [2.75, 3.05) is 20.2 Å². The Labute approximate surface area is 106 Å². The average Bonchev–Trinajstić information content (AvgIpc) is 2.70. The van der Waals surface area contributed by atoms with E-state index in [1.54, 1.807) is 7.11 Å². The Morgan fingerprint density at radius 2 is 2.31 bits per heavy atom. The lowest BCUT2D eigenvalue weighted by Crippen LogP contribution is -2.22. The van der Waals surface area contributed by atoms with Crippen molar-refractivity contribution < 1.29 is 4.74 Å². The Balaban J connectivity index is 1.99. The quantitative estimate of drug-likeness (QED) is 0.846. The molecule has 0 spiro atoms. The van der Waals surface area contributed by atoms with Crippen molar-refractivity contribution in [2.24, 2.45) is 0 Å². The Hall–Kier alpha value is -0.380. The second kappa shape index (κ2) is 5.30. The smallest absolute Gasteiger partial charge is 0.0710 e. The van der Waals surface area contributed by atoms with E-state index in [4.69, 9.17) is 4.74 Å². The Morgan fingerprint density at radius 1 is 1.50 bits per heavy atom. The van der Waals surface area contributed by atoms with Crippen LogP contribution in [0, 0.1) is 6.92 Å². The summed E-state index contributed by atoms with van der Waals surface area (Å²) in [6.45, 7) is 5.42. The van der Waals surface area contributed by atoms with Gasteiger partial charge in [0.15, 0.2) is 0 Å².